The standard InChI is InChI=1S/C10H20O/c1-5-6-9-8(2)7-10(3,4)11-9/h8-9H,5-7H2,1-4H3. The molecule has 0 N–H and O–H groups in total. The van der Waals surface area contributed by atoms with Crippen LogP contribution >= 0.6 is 0 Å². The maximum Gasteiger partial charge on any atom is 0.0633 e. The molecule has 1 heteroatoms. The Morgan fingerprint density at radius 1 is 1.45 bits per heavy atom. The van der Waals surface area contributed by atoms with Crippen molar-refractivity contribution in [2.45, 2.75) is 58.7 Å². The van der Waals surface area contributed by atoms with E-state index in [1.54, 1.807) is 0 Å². The fourth-order valence-corrected chi connectivity index (χ4v) is 2.11. The lowest BCUT2D eigenvalue weighted by Crippen LogP contribution is -2.19. The number of ether oxygens (including phenoxy) is 1. The average molecular weight is 156 g/mol. The molecule has 1 nitrogen and oxygen atoms in total. The summed E-state index contributed by atoms with van der Waals surface area (Å²) >= 11 is 0. The molecule has 0 aromatic rings. The van der Waals surface area contributed by atoms with Crippen molar-refractivity contribution in [2.24, 2.45) is 5.92 Å². The maximum absolute atomic E-state index is 5.90. The molecule has 0 spiro atoms. The van der Waals surface area contributed by atoms with Crippen molar-refractivity contribution < 1.29 is 4.74 Å². The van der Waals surface area contributed by atoms with Crippen LogP contribution in [-0.2, 0) is 4.74 Å². The van der Waals surface area contributed by atoms with Crippen LogP contribution in [0.4, 0.5) is 0 Å². The quantitative estimate of drug-likeness (QED) is 0.597. The number of hydrogen-bond acceptors (Lipinski definition) is 1. The highest BCUT2D eigenvalue weighted by Crippen LogP contribution is 2.35. The Kier molecular flexibility index (Phi) is 2.58. The second-order valence-electron chi connectivity index (χ2n) is 4.39. The summed E-state index contributed by atoms with van der Waals surface area (Å²) in [5.74, 6) is 0.755. The summed E-state index contributed by atoms with van der Waals surface area (Å²) in [6.07, 6.45) is 4.21. The predicted octanol–water partition coefficient (Wildman–Crippen LogP) is 2.99. The molecule has 1 fully saturated rings. The van der Waals surface area contributed by atoms with Gasteiger partial charge >= 0.3 is 0 Å². The second kappa shape index (κ2) is 3.14. The summed E-state index contributed by atoms with van der Waals surface area (Å²) < 4.78 is 5.90. The van der Waals surface area contributed by atoms with Crippen LogP contribution in [0.3, 0.4) is 0 Å². The molecule has 2 atom stereocenters. The fourth-order valence-electron chi connectivity index (χ4n) is 2.11. The van der Waals surface area contributed by atoms with Gasteiger partial charge in [0.2, 0.25) is 0 Å². The molecule has 66 valence electrons. The summed E-state index contributed by atoms with van der Waals surface area (Å²) in [6, 6.07) is 0. The van der Waals surface area contributed by atoms with Gasteiger partial charge < -0.3 is 4.74 Å². The van der Waals surface area contributed by atoms with Crippen LogP contribution in [0, 0.1) is 5.92 Å². The fraction of sp³-hybridized carbons (Fsp3) is 1.00. The monoisotopic (exact) mass is 156 g/mol. The molecular weight excluding hydrogens is 136 g/mol. The van der Waals surface area contributed by atoms with E-state index >= 15 is 0 Å². The van der Waals surface area contributed by atoms with Gasteiger partial charge in [0.05, 0.1) is 11.7 Å². The van der Waals surface area contributed by atoms with E-state index < -0.39 is 0 Å². The van der Waals surface area contributed by atoms with E-state index in [1.165, 1.54) is 19.3 Å². The maximum atomic E-state index is 5.90. The normalized spacial score (nSPS) is 36.0. The molecule has 2 unspecified atom stereocenters. The molecule has 0 aromatic carbocycles. The van der Waals surface area contributed by atoms with Crippen LogP contribution < -0.4 is 0 Å². The van der Waals surface area contributed by atoms with E-state index in [2.05, 4.69) is 27.7 Å². The Balaban J connectivity index is 2.45. The second-order valence-corrected chi connectivity index (χ2v) is 4.39. The Bertz CT molecular complexity index is 129. The molecule has 11 heavy (non-hydrogen) atoms. The predicted molar refractivity (Wildman–Crippen MR) is 47.6 cm³/mol. The van der Waals surface area contributed by atoms with Crippen LogP contribution in [-0.4, -0.2) is 11.7 Å². The zero-order valence-electron chi connectivity index (χ0n) is 8.18. The first-order valence-corrected chi connectivity index (χ1v) is 4.73. The minimum atomic E-state index is 0.138. The highest BCUT2D eigenvalue weighted by molar-refractivity contribution is 4.85. The summed E-state index contributed by atoms with van der Waals surface area (Å²) in [5.41, 5.74) is 0.138. The first-order valence-electron chi connectivity index (χ1n) is 4.73. The topological polar surface area (TPSA) is 9.23 Å². The summed E-state index contributed by atoms with van der Waals surface area (Å²) in [4.78, 5) is 0. The Morgan fingerprint density at radius 2 is 2.09 bits per heavy atom. The van der Waals surface area contributed by atoms with Crippen molar-refractivity contribution >= 4 is 0 Å². The van der Waals surface area contributed by atoms with Gasteiger partial charge in [-0.05, 0) is 32.6 Å². The van der Waals surface area contributed by atoms with Gasteiger partial charge in [-0.15, -0.1) is 0 Å². The lowest BCUT2D eigenvalue weighted by atomic mass is 9.94. The third-order valence-electron chi connectivity index (χ3n) is 2.49. The van der Waals surface area contributed by atoms with Gasteiger partial charge in [-0.1, -0.05) is 20.3 Å². The molecule has 1 saturated heterocycles. The van der Waals surface area contributed by atoms with E-state index in [9.17, 15) is 0 Å². The SMILES string of the molecule is CCCC1OC(C)(C)CC1C. The van der Waals surface area contributed by atoms with Gasteiger partial charge in [-0.25, -0.2) is 0 Å². The van der Waals surface area contributed by atoms with Crippen molar-refractivity contribution in [3.8, 4) is 0 Å². The van der Waals surface area contributed by atoms with Crippen LogP contribution in [0.25, 0.3) is 0 Å². The van der Waals surface area contributed by atoms with E-state index in [0.29, 0.717) is 6.10 Å². The van der Waals surface area contributed by atoms with Gasteiger partial charge in [-0.2, -0.15) is 0 Å². The third kappa shape index (κ3) is 2.19. The molecule has 0 bridgehead atoms. The zero-order valence-corrected chi connectivity index (χ0v) is 8.18. The van der Waals surface area contributed by atoms with Crippen molar-refractivity contribution in [3.63, 3.8) is 0 Å². The largest absolute Gasteiger partial charge is 0.372 e. The van der Waals surface area contributed by atoms with Crippen molar-refractivity contribution in [3.05, 3.63) is 0 Å². The average Bonchev–Trinajstić information content (AvgIpc) is 2.07. The van der Waals surface area contributed by atoms with Crippen molar-refractivity contribution in [1.82, 2.24) is 0 Å². The Morgan fingerprint density at radius 3 is 2.45 bits per heavy atom. The summed E-state index contributed by atoms with van der Waals surface area (Å²) in [5, 5.41) is 0. The van der Waals surface area contributed by atoms with E-state index in [0.717, 1.165) is 5.92 Å². The minimum absolute atomic E-state index is 0.138. The lowest BCUT2D eigenvalue weighted by molar-refractivity contribution is -0.0234. The molecule has 1 aliphatic rings. The first-order chi connectivity index (χ1) is 5.05. The third-order valence-corrected chi connectivity index (χ3v) is 2.49. The van der Waals surface area contributed by atoms with Gasteiger partial charge in [0.25, 0.3) is 0 Å². The summed E-state index contributed by atoms with van der Waals surface area (Å²) in [6.45, 7) is 8.91. The van der Waals surface area contributed by atoms with Gasteiger partial charge in [0.15, 0.2) is 0 Å². The lowest BCUT2D eigenvalue weighted by Gasteiger charge is -2.18. The number of hydrogen-bond donors (Lipinski definition) is 0. The molecule has 1 aliphatic heterocycles. The molecule has 0 amide bonds. The van der Waals surface area contributed by atoms with Gasteiger partial charge in [-0.3, -0.25) is 0 Å². The molecular formula is C10H20O. The first kappa shape index (κ1) is 9.05. The molecule has 1 rings (SSSR count). The van der Waals surface area contributed by atoms with Crippen LogP contribution in [0.15, 0.2) is 0 Å². The smallest absolute Gasteiger partial charge is 0.0633 e. The van der Waals surface area contributed by atoms with E-state index in [1.807, 2.05) is 0 Å². The molecule has 0 aromatic heterocycles. The van der Waals surface area contributed by atoms with E-state index in [-0.39, 0.29) is 5.60 Å². The Hall–Kier alpha value is -0.0400. The zero-order chi connectivity index (χ0) is 8.48. The van der Waals surface area contributed by atoms with E-state index in [4.69, 9.17) is 4.74 Å². The molecule has 0 saturated carbocycles. The van der Waals surface area contributed by atoms with Crippen molar-refractivity contribution in [1.29, 1.82) is 0 Å². The Labute approximate surface area is 70.1 Å². The molecule has 1 heterocycles. The number of rotatable bonds is 2. The highest BCUT2D eigenvalue weighted by Gasteiger charge is 2.36. The van der Waals surface area contributed by atoms with Gasteiger partial charge in [0.1, 0.15) is 0 Å². The highest BCUT2D eigenvalue weighted by atomic mass is 16.5. The van der Waals surface area contributed by atoms with Crippen LogP contribution in [0.1, 0.15) is 47.0 Å². The molecule has 0 radical (unpaired) electrons. The summed E-state index contributed by atoms with van der Waals surface area (Å²) in [7, 11) is 0. The minimum Gasteiger partial charge on any atom is -0.372 e. The van der Waals surface area contributed by atoms with Gasteiger partial charge in [0, 0.05) is 0 Å². The van der Waals surface area contributed by atoms with Crippen molar-refractivity contribution in [2.75, 3.05) is 0 Å². The molecule has 0 aliphatic carbocycles. The van der Waals surface area contributed by atoms with Crippen LogP contribution in [0.2, 0.25) is 0 Å². The van der Waals surface area contributed by atoms with Crippen LogP contribution in [0.5, 0.6) is 0 Å².